The highest BCUT2D eigenvalue weighted by atomic mass is 14.9. The van der Waals surface area contributed by atoms with Gasteiger partial charge in [-0.25, -0.2) is 0 Å². The fourth-order valence-corrected chi connectivity index (χ4v) is 2.73. The van der Waals surface area contributed by atoms with Gasteiger partial charge >= 0.3 is 0 Å². The number of aryl methyl sites for hydroxylation is 1. The maximum atomic E-state index is 4.77. The lowest BCUT2D eigenvalue weighted by Gasteiger charge is -2.12. The number of nitrogens with one attached hydrogen (secondary N) is 1. The van der Waals surface area contributed by atoms with Crippen LogP contribution in [0.15, 0.2) is 54.6 Å². The summed E-state index contributed by atoms with van der Waals surface area (Å²) in [5.74, 6) is 0. The molecule has 0 aliphatic carbocycles. The number of para-hydroxylation sites is 1. The van der Waals surface area contributed by atoms with Crippen molar-refractivity contribution in [1.82, 2.24) is 4.98 Å². The molecule has 0 spiro atoms. The van der Waals surface area contributed by atoms with Gasteiger partial charge in [0, 0.05) is 23.3 Å². The first kappa shape index (κ1) is 13.6. The van der Waals surface area contributed by atoms with E-state index in [4.69, 9.17) is 4.98 Å². The SMILES string of the molecule is CCNc1cc(C)nc2c(Cc3ccccc3)cccc12. The Morgan fingerprint density at radius 1 is 1.00 bits per heavy atom. The molecular weight excluding hydrogens is 256 g/mol. The quantitative estimate of drug-likeness (QED) is 0.755. The van der Waals surface area contributed by atoms with Gasteiger partial charge in [-0.15, -0.1) is 0 Å². The Labute approximate surface area is 125 Å². The van der Waals surface area contributed by atoms with Gasteiger partial charge < -0.3 is 5.32 Å². The van der Waals surface area contributed by atoms with E-state index in [1.165, 1.54) is 22.2 Å². The maximum absolute atomic E-state index is 4.77. The second-order valence-corrected chi connectivity index (χ2v) is 5.32. The zero-order valence-corrected chi connectivity index (χ0v) is 12.6. The molecule has 2 nitrogen and oxygen atoms in total. The first-order valence-corrected chi connectivity index (χ1v) is 7.45. The highest BCUT2D eigenvalue weighted by molar-refractivity contribution is 5.93. The van der Waals surface area contributed by atoms with Crippen molar-refractivity contribution in [3.05, 3.63) is 71.4 Å². The summed E-state index contributed by atoms with van der Waals surface area (Å²) in [5.41, 5.74) is 5.94. The molecular formula is C19H20N2. The Kier molecular flexibility index (Phi) is 3.87. The van der Waals surface area contributed by atoms with Gasteiger partial charge in [0.15, 0.2) is 0 Å². The van der Waals surface area contributed by atoms with E-state index in [2.05, 4.69) is 73.8 Å². The van der Waals surface area contributed by atoms with E-state index in [1.54, 1.807) is 0 Å². The minimum atomic E-state index is 0.917. The van der Waals surface area contributed by atoms with Crippen LogP contribution in [-0.4, -0.2) is 11.5 Å². The number of pyridine rings is 1. The predicted molar refractivity (Wildman–Crippen MR) is 89.9 cm³/mol. The second kappa shape index (κ2) is 5.96. The number of fused-ring (bicyclic) bond motifs is 1. The van der Waals surface area contributed by atoms with Crippen molar-refractivity contribution >= 4 is 16.6 Å². The molecule has 0 saturated heterocycles. The second-order valence-electron chi connectivity index (χ2n) is 5.32. The van der Waals surface area contributed by atoms with Crippen molar-refractivity contribution < 1.29 is 0 Å². The molecule has 3 rings (SSSR count). The first-order valence-electron chi connectivity index (χ1n) is 7.45. The summed E-state index contributed by atoms with van der Waals surface area (Å²) in [6, 6.07) is 19.1. The topological polar surface area (TPSA) is 24.9 Å². The molecule has 1 aromatic heterocycles. The van der Waals surface area contributed by atoms with Crippen molar-refractivity contribution in [1.29, 1.82) is 0 Å². The number of hydrogen-bond donors (Lipinski definition) is 1. The molecule has 0 saturated carbocycles. The average Bonchev–Trinajstić information content (AvgIpc) is 2.49. The average molecular weight is 276 g/mol. The molecule has 2 heteroatoms. The van der Waals surface area contributed by atoms with E-state index in [1.807, 2.05) is 0 Å². The standard InChI is InChI=1S/C19H20N2/c1-3-20-18-12-14(2)21-19-16(10-7-11-17(18)19)13-15-8-5-4-6-9-15/h4-12H,3,13H2,1-2H3,(H,20,21). The van der Waals surface area contributed by atoms with Crippen LogP contribution < -0.4 is 5.32 Å². The molecule has 2 aromatic carbocycles. The predicted octanol–water partition coefficient (Wildman–Crippen LogP) is 4.57. The van der Waals surface area contributed by atoms with Crippen molar-refractivity contribution in [3.8, 4) is 0 Å². The maximum Gasteiger partial charge on any atom is 0.0761 e. The molecule has 0 atom stereocenters. The lowest BCUT2D eigenvalue weighted by Crippen LogP contribution is -2.01. The van der Waals surface area contributed by atoms with E-state index in [-0.39, 0.29) is 0 Å². The number of nitrogens with zero attached hydrogens (tertiary/aromatic N) is 1. The molecule has 0 fully saturated rings. The van der Waals surface area contributed by atoms with Crippen LogP contribution in [0.3, 0.4) is 0 Å². The number of hydrogen-bond acceptors (Lipinski definition) is 2. The molecule has 0 aliphatic heterocycles. The lowest BCUT2D eigenvalue weighted by atomic mass is 10.0. The van der Waals surface area contributed by atoms with Gasteiger partial charge in [-0.2, -0.15) is 0 Å². The van der Waals surface area contributed by atoms with Crippen LogP contribution >= 0.6 is 0 Å². The zero-order valence-electron chi connectivity index (χ0n) is 12.6. The van der Waals surface area contributed by atoms with E-state index in [0.717, 1.165) is 24.2 Å². The van der Waals surface area contributed by atoms with E-state index < -0.39 is 0 Å². The van der Waals surface area contributed by atoms with E-state index in [9.17, 15) is 0 Å². The first-order chi connectivity index (χ1) is 10.3. The molecule has 106 valence electrons. The minimum absolute atomic E-state index is 0.917. The fourth-order valence-electron chi connectivity index (χ4n) is 2.73. The molecule has 0 aliphatic rings. The fraction of sp³-hybridized carbons (Fsp3) is 0.211. The molecule has 0 bridgehead atoms. The van der Waals surface area contributed by atoms with Crippen LogP contribution in [0.2, 0.25) is 0 Å². The van der Waals surface area contributed by atoms with Crippen molar-refractivity contribution in [2.24, 2.45) is 0 Å². The van der Waals surface area contributed by atoms with Crippen LogP contribution in [0.4, 0.5) is 5.69 Å². The van der Waals surface area contributed by atoms with E-state index >= 15 is 0 Å². The molecule has 1 heterocycles. The van der Waals surface area contributed by atoms with Gasteiger partial charge in [0.2, 0.25) is 0 Å². The minimum Gasteiger partial charge on any atom is -0.385 e. The number of aromatic nitrogens is 1. The normalized spacial score (nSPS) is 10.8. The summed E-state index contributed by atoms with van der Waals surface area (Å²) in [6.07, 6.45) is 0.917. The van der Waals surface area contributed by atoms with Gasteiger partial charge in [-0.3, -0.25) is 4.98 Å². The lowest BCUT2D eigenvalue weighted by molar-refractivity contribution is 1.16. The molecule has 21 heavy (non-hydrogen) atoms. The Balaban J connectivity index is 2.11. The van der Waals surface area contributed by atoms with Crippen molar-refractivity contribution in [2.75, 3.05) is 11.9 Å². The number of anilines is 1. The van der Waals surface area contributed by atoms with Crippen LogP contribution in [0, 0.1) is 6.92 Å². The third kappa shape index (κ3) is 2.89. The van der Waals surface area contributed by atoms with Crippen LogP contribution in [0.5, 0.6) is 0 Å². The van der Waals surface area contributed by atoms with Crippen LogP contribution in [0.25, 0.3) is 10.9 Å². The van der Waals surface area contributed by atoms with Gasteiger partial charge in [0.25, 0.3) is 0 Å². The molecule has 0 unspecified atom stereocenters. The Morgan fingerprint density at radius 3 is 2.57 bits per heavy atom. The van der Waals surface area contributed by atoms with Crippen molar-refractivity contribution in [3.63, 3.8) is 0 Å². The smallest absolute Gasteiger partial charge is 0.0761 e. The summed E-state index contributed by atoms with van der Waals surface area (Å²) < 4.78 is 0. The summed E-state index contributed by atoms with van der Waals surface area (Å²) >= 11 is 0. The number of benzene rings is 2. The van der Waals surface area contributed by atoms with Crippen molar-refractivity contribution in [2.45, 2.75) is 20.3 Å². The molecule has 3 aromatic rings. The van der Waals surface area contributed by atoms with Gasteiger partial charge in [-0.05, 0) is 37.5 Å². The third-order valence-corrected chi connectivity index (χ3v) is 3.66. The Bertz CT molecular complexity index is 748. The Morgan fingerprint density at radius 2 is 1.81 bits per heavy atom. The number of rotatable bonds is 4. The Hall–Kier alpha value is -2.35. The summed E-state index contributed by atoms with van der Waals surface area (Å²) in [5, 5.41) is 4.65. The van der Waals surface area contributed by atoms with E-state index in [0.29, 0.717) is 0 Å². The highest BCUT2D eigenvalue weighted by Crippen LogP contribution is 2.27. The largest absolute Gasteiger partial charge is 0.385 e. The molecule has 1 N–H and O–H groups in total. The van der Waals surface area contributed by atoms with Crippen LogP contribution in [-0.2, 0) is 6.42 Å². The molecule has 0 radical (unpaired) electrons. The van der Waals surface area contributed by atoms with Crippen LogP contribution in [0.1, 0.15) is 23.7 Å². The summed E-state index contributed by atoms with van der Waals surface area (Å²) in [4.78, 5) is 4.77. The summed E-state index contributed by atoms with van der Waals surface area (Å²) in [7, 11) is 0. The van der Waals surface area contributed by atoms with Gasteiger partial charge in [0.1, 0.15) is 0 Å². The monoisotopic (exact) mass is 276 g/mol. The summed E-state index contributed by atoms with van der Waals surface area (Å²) in [6.45, 7) is 5.09. The third-order valence-electron chi connectivity index (χ3n) is 3.66. The molecule has 0 amide bonds. The highest BCUT2D eigenvalue weighted by Gasteiger charge is 2.08. The van der Waals surface area contributed by atoms with Gasteiger partial charge in [-0.1, -0.05) is 48.5 Å². The zero-order chi connectivity index (χ0) is 14.7. The van der Waals surface area contributed by atoms with Gasteiger partial charge in [0.05, 0.1) is 5.52 Å².